The fourth-order valence-corrected chi connectivity index (χ4v) is 7.03. The van der Waals surface area contributed by atoms with Gasteiger partial charge in [0.2, 0.25) is 5.91 Å². The molecule has 1 amide bonds. The van der Waals surface area contributed by atoms with Gasteiger partial charge in [-0.3, -0.25) is 4.79 Å². The lowest BCUT2D eigenvalue weighted by Crippen LogP contribution is -2.30. The number of nitrogens with zero attached hydrogens (tertiary/aromatic N) is 1. The number of carbonyl (C=O) groups is 2. The molecular formula is C34H39ClN2O4S. The Labute approximate surface area is 256 Å². The summed E-state index contributed by atoms with van der Waals surface area (Å²) in [7, 11) is -0.255. The molecule has 2 atom stereocenters. The molecule has 8 heteroatoms. The minimum atomic E-state index is -1.17. The van der Waals surface area contributed by atoms with Crippen LogP contribution in [0.2, 0.25) is 5.02 Å². The minimum absolute atomic E-state index is 0.0837. The molecule has 3 aromatic carbocycles. The van der Waals surface area contributed by atoms with Crippen molar-refractivity contribution in [2.75, 3.05) is 15.9 Å². The van der Waals surface area contributed by atoms with Gasteiger partial charge in [0, 0.05) is 27.8 Å². The summed E-state index contributed by atoms with van der Waals surface area (Å²) in [6.45, 7) is 12.4. The van der Waals surface area contributed by atoms with Crippen molar-refractivity contribution in [3.8, 4) is 22.3 Å². The number of carboxylic acid groups (broad SMARTS) is 1. The molecule has 6 nitrogen and oxygen atoms in total. The number of anilines is 2. The zero-order valence-corrected chi connectivity index (χ0v) is 26.9. The number of carbonyl (C=O) groups excluding carboxylic acids is 1. The Balaban J connectivity index is 1.82. The van der Waals surface area contributed by atoms with E-state index in [1.165, 1.54) is 0 Å². The van der Waals surface area contributed by atoms with Crippen LogP contribution in [0, 0.1) is 19.8 Å². The van der Waals surface area contributed by atoms with Crippen molar-refractivity contribution in [3.05, 3.63) is 69.7 Å². The van der Waals surface area contributed by atoms with Gasteiger partial charge in [-0.2, -0.15) is 0 Å². The summed E-state index contributed by atoms with van der Waals surface area (Å²) < 4.78 is 8.64. The number of carboxylic acids is 1. The molecule has 0 aromatic heterocycles. The highest BCUT2D eigenvalue weighted by Crippen LogP contribution is 2.53. The highest BCUT2D eigenvalue weighted by atomic mass is 35.5. The first-order valence-electron chi connectivity index (χ1n) is 14.3. The predicted octanol–water partition coefficient (Wildman–Crippen LogP) is 8.54. The third kappa shape index (κ3) is 5.87. The topological polar surface area (TPSA) is 78.9 Å². The molecule has 2 N–H and O–H groups in total. The molecule has 0 radical (unpaired) electrons. The summed E-state index contributed by atoms with van der Waals surface area (Å²) in [6.07, 6.45) is 2.91. The molecule has 1 aliphatic heterocycles. The third-order valence-corrected chi connectivity index (χ3v) is 9.89. The van der Waals surface area contributed by atoms with Crippen molar-refractivity contribution in [3.63, 3.8) is 0 Å². The molecule has 2 aliphatic rings. The van der Waals surface area contributed by atoms with Gasteiger partial charge < -0.3 is 19.5 Å². The minimum Gasteiger partial charge on any atom is -0.479 e. The van der Waals surface area contributed by atoms with Gasteiger partial charge >= 0.3 is 5.97 Å². The van der Waals surface area contributed by atoms with Crippen LogP contribution >= 0.6 is 22.3 Å². The van der Waals surface area contributed by atoms with Crippen molar-refractivity contribution < 1.29 is 19.4 Å². The lowest BCUT2D eigenvalue weighted by molar-refractivity contribution is -0.160. The number of aliphatic carboxylic acids is 1. The van der Waals surface area contributed by atoms with Gasteiger partial charge in [-0.05, 0) is 124 Å². The normalized spacial score (nSPS) is 16.0. The largest absolute Gasteiger partial charge is 0.479 e. The first-order chi connectivity index (χ1) is 19.8. The molecule has 3 aromatic rings. The number of rotatable bonds is 7. The zero-order chi connectivity index (χ0) is 30.5. The fraction of sp³-hybridized carbons (Fsp3) is 0.382. The smallest absolute Gasteiger partial charge is 0.337 e. The Morgan fingerprint density at radius 3 is 2.33 bits per heavy atom. The third-order valence-electron chi connectivity index (χ3n) is 7.95. The summed E-state index contributed by atoms with van der Waals surface area (Å²) >= 11 is 6.28. The molecule has 1 unspecified atom stereocenters. The highest BCUT2D eigenvalue weighted by Gasteiger charge is 2.37. The van der Waals surface area contributed by atoms with Gasteiger partial charge in [0.1, 0.15) is 0 Å². The van der Waals surface area contributed by atoms with Crippen molar-refractivity contribution in [2.45, 2.75) is 72.6 Å². The molecule has 0 spiro atoms. The van der Waals surface area contributed by atoms with Crippen molar-refractivity contribution in [1.29, 1.82) is 0 Å². The average Bonchev–Trinajstić information content (AvgIpc) is 3.78. The van der Waals surface area contributed by atoms with Crippen LogP contribution in [0.25, 0.3) is 22.3 Å². The average molecular weight is 607 g/mol. The monoisotopic (exact) mass is 606 g/mol. The van der Waals surface area contributed by atoms with Crippen LogP contribution in [0.15, 0.2) is 42.5 Å². The van der Waals surface area contributed by atoms with E-state index in [2.05, 4.69) is 47.2 Å². The van der Waals surface area contributed by atoms with Crippen LogP contribution in [-0.4, -0.2) is 34.2 Å². The molecular weight excluding hydrogens is 568 g/mol. The maximum absolute atomic E-state index is 12.9. The summed E-state index contributed by atoms with van der Waals surface area (Å²) in [4.78, 5) is 25.4. The van der Waals surface area contributed by atoms with E-state index in [0.29, 0.717) is 17.1 Å². The van der Waals surface area contributed by atoms with E-state index in [9.17, 15) is 14.7 Å². The molecule has 1 heterocycles. The number of nitrogens with one attached hydrogen (secondary N) is 1. The molecule has 1 saturated carbocycles. The standard InChI is InChI=1S/C34H39ClN2O4S/c1-8-42(7)37-18-23-17-25(36-32(38)22-9-10-22)15-16-26(23)28-19(2)27(21-11-13-24(35)14-12-21)29(20(3)30(28)37)31(33(39)40)41-34(4,5)6/h8,11-17,22,31H,9-10,18H2,1-7H3,(H,36,38)(H,39,40)/t31-,42?/m0/s1. The lowest BCUT2D eigenvalue weighted by atomic mass is 9.80. The quantitative estimate of drug-likeness (QED) is 0.263. The van der Waals surface area contributed by atoms with E-state index in [-0.39, 0.29) is 22.5 Å². The fourth-order valence-electron chi connectivity index (χ4n) is 5.79. The number of halogens is 1. The van der Waals surface area contributed by atoms with Crippen LogP contribution in [0.3, 0.4) is 0 Å². The van der Waals surface area contributed by atoms with E-state index in [0.717, 1.165) is 63.2 Å². The molecule has 1 aliphatic carbocycles. The molecule has 1 fully saturated rings. The Kier molecular flexibility index (Phi) is 8.31. The van der Waals surface area contributed by atoms with Crippen molar-refractivity contribution in [2.24, 2.45) is 5.92 Å². The summed E-state index contributed by atoms with van der Waals surface area (Å²) in [5.74, 6) is -0.823. The van der Waals surface area contributed by atoms with Crippen molar-refractivity contribution >= 4 is 50.9 Å². The zero-order valence-electron chi connectivity index (χ0n) is 25.3. The molecule has 0 bridgehead atoms. The Morgan fingerprint density at radius 2 is 1.76 bits per heavy atom. The van der Waals surface area contributed by atoms with E-state index in [1.807, 2.05) is 58.0 Å². The van der Waals surface area contributed by atoms with Crippen LogP contribution in [0.5, 0.6) is 0 Å². The van der Waals surface area contributed by atoms with Crippen LogP contribution in [0.1, 0.15) is 68.9 Å². The van der Waals surface area contributed by atoms with Crippen LogP contribution < -0.4 is 9.62 Å². The highest BCUT2D eigenvalue weighted by molar-refractivity contribution is 8.15. The van der Waals surface area contributed by atoms with Gasteiger partial charge in [0.15, 0.2) is 6.10 Å². The van der Waals surface area contributed by atoms with Gasteiger partial charge in [-0.25, -0.2) is 4.79 Å². The lowest BCUT2D eigenvalue weighted by Gasteiger charge is -2.39. The van der Waals surface area contributed by atoms with E-state index in [4.69, 9.17) is 16.3 Å². The Bertz CT molecular complexity index is 1600. The van der Waals surface area contributed by atoms with Gasteiger partial charge in [-0.15, -0.1) is 10.7 Å². The second kappa shape index (κ2) is 11.5. The second-order valence-electron chi connectivity index (χ2n) is 12.1. The Morgan fingerprint density at radius 1 is 1.10 bits per heavy atom. The van der Waals surface area contributed by atoms with E-state index in [1.54, 1.807) is 0 Å². The van der Waals surface area contributed by atoms with Gasteiger partial charge in [0.25, 0.3) is 0 Å². The number of ether oxygens (including phenoxy) is 1. The van der Waals surface area contributed by atoms with Gasteiger partial charge in [-0.1, -0.05) is 29.8 Å². The summed E-state index contributed by atoms with van der Waals surface area (Å²) in [5.41, 5.74) is 8.67. The van der Waals surface area contributed by atoms with Crippen LogP contribution in [-0.2, 0) is 20.9 Å². The van der Waals surface area contributed by atoms with Crippen LogP contribution in [0.4, 0.5) is 11.4 Å². The maximum atomic E-state index is 12.9. The number of benzene rings is 3. The summed E-state index contributed by atoms with van der Waals surface area (Å²) in [5, 5.41) is 16.4. The predicted molar refractivity (Wildman–Crippen MR) is 176 cm³/mol. The maximum Gasteiger partial charge on any atom is 0.337 e. The first-order valence-corrected chi connectivity index (χ1v) is 16.3. The van der Waals surface area contributed by atoms with Crippen molar-refractivity contribution in [1.82, 2.24) is 0 Å². The molecule has 0 saturated heterocycles. The SMILES string of the molecule is C/C=S(/C)N1Cc2cc(NC(=O)C3CC3)ccc2-c2c(C)c(-c3ccc(Cl)cc3)c([C@H](OC(C)(C)C)C(=O)O)c(C)c21. The number of amides is 1. The number of fused-ring (bicyclic) bond motifs is 3. The first kappa shape index (κ1) is 30.3. The van der Waals surface area contributed by atoms with E-state index < -0.39 is 17.7 Å². The number of hydrogen-bond donors (Lipinski definition) is 2. The summed E-state index contributed by atoms with van der Waals surface area (Å²) in [6, 6.07) is 13.7. The molecule has 222 valence electrons. The molecule has 5 rings (SSSR count). The second-order valence-corrected chi connectivity index (χ2v) is 14.5. The molecule has 42 heavy (non-hydrogen) atoms. The van der Waals surface area contributed by atoms with E-state index >= 15 is 0 Å². The van der Waals surface area contributed by atoms with Gasteiger partial charge in [0.05, 0.1) is 17.8 Å². The number of hydrogen-bond acceptors (Lipinski definition) is 4. The Hall–Kier alpha value is -3.13.